The average Bonchev–Trinajstić information content (AvgIpc) is 3.11. The normalized spacial score (nSPS) is 15.7. The van der Waals surface area contributed by atoms with Crippen molar-refractivity contribution in [2.75, 3.05) is 16.9 Å². The molecule has 2 aromatic rings. The van der Waals surface area contributed by atoms with Crippen molar-refractivity contribution in [3.8, 4) is 0 Å². The smallest absolute Gasteiger partial charge is 0.138 e. The van der Waals surface area contributed by atoms with Crippen LogP contribution in [0, 0.1) is 5.82 Å². The van der Waals surface area contributed by atoms with E-state index in [1.54, 1.807) is 18.2 Å². The molecule has 1 unspecified atom stereocenters. The van der Waals surface area contributed by atoms with E-state index in [1.165, 1.54) is 11.1 Å². The van der Waals surface area contributed by atoms with Crippen molar-refractivity contribution in [3.05, 3.63) is 72.1 Å². The van der Waals surface area contributed by atoms with Gasteiger partial charge in [0.05, 0.1) is 16.3 Å². The Morgan fingerprint density at radius 3 is 2.79 bits per heavy atom. The van der Waals surface area contributed by atoms with Gasteiger partial charge >= 0.3 is 0 Å². The lowest BCUT2D eigenvalue weighted by molar-refractivity contribution is 0.250. The Hall–Kier alpha value is -2.61. The Kier molecular flexibility index (Phi) is 6.51. The Morgan fingerprint density at radius 2 is 2.14 bits per heavy atom. The summed E-state index contributed by atoms with van der Waals surface area (Å²) in [6.07, 6.45) is 4.86. The van der Waals surface area contributed by atoms with Crippen LogP contribution < -0.4 is 15.5 Å². The molecule has 0 aromatic heterocycles. The number of fused-ring (bicyclic) bond motifs is 1. The molecule has 0 bridgehead atoms. The fraction of sp³-hybridized carbons (Fsp3) is 0.190. The summed E-state index contributed by atoms with van der Waals surface area (Å²) >= 11 is 0.903. The molecule has 0 saturated carbocycles. The molecule has 7 heteroatoms. The predicted octanol–water partition coefficient (Wildman–Crippen LogP) is 4.64. The summed E-state index contributed by atoms with van der Waals surface area (Å²) in [6.45, 7) is 7.67. The molecule has 146 valence electrons. The molecule has 4 N–H and O–H groups in total. The standard InChI is InChI=1S/C21H23FN4OS/c1-3-4-19(24-2)14-5-7-17(8-6-14)26(27)10-9-16-11-15-12-18(22)21(28-23)13-20(15)25-16/h3-8,12-13,16,25,27H,1-2,9-11,23H2/b19-4-. The Bertz CT molecular complexity index is 898. The quantitative estimate of drug-likeness (QED) is 0.261. The number of rotatable bonds is 8. The lowest BCUT2D eigenvalue weighted by atomic mass is 10.1. The second kappa shape index (κ2) is 9.05. The van der Waals surface area contributed by atoms with Gasteiger partial charge in [-0.25, -0.2) is 4.39 Å². The molecule has 28 heavy (non-hydrogen) atoms. The van der Waals surface area contributed by atoms with Gasteiger partial charge in [0.15, 0.2) is 0 Å². The Balaban J connectivity index is 1.59. The summed E-state index contributed by atoms with van der Waals surface area (Å²) in [5.41, 5.74) is 4.16. The predicted molar refractivity (Wildman–Crippen MR) is 115 cm³/mol. The van der Waals surface area contributed by atoms with Crippen molar-refractivity contribution < 1.29 is 9.60 Å². The van der Waals surface area contributed by atoms with Crippen LogP contribution in [0.5, 0.6) is 0 Å². The highest BCUT2D eigenvalue weighted by molar-refractivity contribution is 7.97. The molecule has 1 aliphatic heterocycles. The zero-order valence-electron chi connectivity index (χ0n) is 15.4. The fourth-order valence-electron chi connectivity index (χ4n) is 3.26. The number of anilines is 2. The lowest BCUT2D eigenvalue weighted by Crippen LogP contribution is -2.26. The Labute approximate surface area is 168 Å². The second-order valence-electron chi connectivity index (χ2n) is 6.51. The van der Waals surface area contributed by atoms with Gasteiger partial charge in [0.2, 0.25) is 0 Å². The molecule has 3 rings (SSSR count). The van der Waals surface area contributed by atoms with Gasteiger partial charge in [0, 0.05) is 23.8 Å². The van der Waals surface area contributed by atoms with E-state index >= 15 is 0 Å². The third-order valence-corrected chi connectivity index (χ3v) is 5.27. The van der Waals surface area contributed by atoms with E-state index in [9.17, 15) is 9.60 Å². The number of nitrogens with zero attached hydrogens (tertiary/aromatic N) is 2. The number of halogens is 1. The number of aliphatic imine (C=N–C) groups is 1. The minimum atomic E-state index is -0.295. The molecular formula is C21H23FN4OS. The van der Waals surface area contributed by atoms with Crippen LogP contribution in [-0.2, 0) is 6.42 Å². The van der Waals surface area contributed by atoms with Gasteiger partial charge in [-0.1, -0.05) is 24.8 Å². The van der Waals surface area contributed by atoms with Crippen LogP contribution >= 0.6 is 11.9 Å². The van der Waals surface area contributed by atoms with E-state index in [4.69, 9.17) is 5.14 Å². The van der Waals surface area contributed by atoms with Crippen LogP contribution in [0.2, 0.25) is 0 Å². The number of hydroxylamine groups is 1. The van der Waals surface area contributed by atoms with Crippen LogP contribution in [-0.4, -0.2) is 24.5 Å². The van der Waals surface area contributed by atoms with Crippen molar-refractivity contribution in [1.82, 2.24) is 0 Å². The summed E-state index contributed by atoms with van der Waals surface area (Å²) in [7, 11) is 0. The number of nitrogens with one attached hydrogen (secondary N) is 1. The molecule has 1 heterocycles. The van der Waals surface area contributed by atoms with Crippen LogP contribution in [0.3, 0.4) is 0 Å². The van der Waals surface area contributed by atoms with Gasteiger partial charge < -0.3 is 5.32 Å². The van der Waals surface area contributed by atoms with Gasteiger partial charge in [-0.05, 0) is 67.4 Å². The highest BCUT2D eigenvalue weighted by Crippen LogP contribution is 2.32. The minimum Gasteiger partial charge on any atom is -0.382 e. The first-order valence-corrected chi connectivity index (χ1v) is 9.75. The lowest BCUT2D eigenvalue weighted by Gasteiger charge is -2.20. The molecule has 0 radical (unpaired) electrons. The van der Waals surface area contributed by atoms with Crippen molar-refractivity contribution in [1.29, 1.82) is 0 Å². The van der Waals surface area contributed by atoms with Crippen molar-refractivity contribution in [3.63, 3.8) is 0 Å². The van der Waals surface area contributed by atoms with Crippen molar-refractivity contribution in [2.24, 2.45) is 10.1 Å². The van der Waals surface area contributed by atoms with Gasteiger partial charge in [-0.2, -0.15) is 0 Å². The highest BCUT2D eigenvalue weighted by atomic mass is 32.2. The Morgan fingerprint density at radius 1 is 1.39 bits per heavy atom. The second-order valence-corrected chi connectivity index (χ2v) is 7.18. The first-order chi connectivity index (χ1) is 13.5. The number of allylic oxidation sites excluding steroid dienone is 2. The summed E-state index contributed by atoms with van der Waals surface area (Å²) in [6, 6.07) is 10.8. The van der Waals surface area contributed by atoms with E-state index in [-0.39, 0.29) is 11.9 Å². The van der Waals surface area contributed by atoms with E-state index in [1.807, 2.05) is 24.3 Å². The van der Waals surface area contributed by atoms with E-state index in [0.29, 0.717) is 23.5 Å². The van der Waals surface area contributed by atoms with Crippen molar-refractivity contribution >= 4 is 35.7 Å². The topological polar surface area (TPSA) is 73.9 Å². The highest BCUT2D eigenvalue weighted by Gasteiger charge is 2.23. The maximum absolute atomic E-state index is 13.9. The fourth-order valence-corrected chi connectivity index (χ4v) is 3.62. The molecule has 2 aromatic carbocycles. The van der Waals surface area contributed by atoms with Gasteiger partial charge in [-0.3, -0.25) is 20.4 Å². The molecule has 0 fully saturated rings. The summed E-state index contributed by atoms with van der Waals surface area (Å²) in [4.78, 5) is 4.39. The SMILES string of the molecule is C=C/C=C(\N=C)c1ccc(N(O)CCC2Cc3cc(F)c(SN)cc3N2)cc1. The van der Waals surface area contributed by atoms with Crippen molar-refractivity contribution in [2.45, 2.75) is 23.8 Å². The third-order valence-electron chi connectivity index (χ3n) is 4.71. The molecule has 1 aliphatic rings. The number of benzene rings is 2. The summed E-state index contributed by atoms with van der Waals surface area (Å²) in [5.74, 6) is -0.295. The average molecular weight is 399 g/mol. The first kappa shape index (κ1) is 20.1. The van der Waals surface area contributed by atoms with Gasteiger partial charge in [-0.15, -0.1) is 0 Å². The minimum absolute atomic E-state index is 0.133. The molecule has 1 atom stereocenters. The molecule has 5 nitrogen and oxygen atoms in total. The molecule has 0 spiro atoms. The summed E-state index contributed by atoms with van der Waals surface area (Å²) < 4.78 is 13.9. The maximum atomic E-state index is 13.9. The van der Waals surface area contributed by atoms with Crippen LogP contribution in [0.1, 0.15) is 17.5 Å². The largest absolute Gasteiger partial charge is 0.382 e. The first-order valence-electron chi connectivity index (χ1n) is 8.87. The molecule has 0 saturated heterocycles. The van der Waals surface area contributed by atoms with Crippen LogP contribution in [0.4, 0.5) is 15.8 Å². The van der Waals surface area contributed by atoms with Crippen LogP contribution in [0.15, 0.2) is 65.0 Å². The summed E-state index contributed by atoms with van der Waals surface area (Å²) in [5, 5.41) is 20.5. The van der Waals surface area contributed by atoms with Gasteiger partial charge in [0.25, 0.3) is 0 Å². The van der Waals surface area contributed by atoms with E-state index in [2.05, 4.69) is 23.6 Å². The molecule has 0 amide bonds. The maximum Gasteiger partial charge on any atom is 0.138 e. The number of hydrogen-bond donors (Lipinski definition) is 3. The zero-order chi connectivity index (χ0) is 20.1. The number of nitrogens with two attached hydrogens (primary N) is 1. The molecular weight excluding hydrogens is 375 g/mol. The molecule has 0 aliphatic carbocycles. The monoisotopic (exact) mass is 398 g/mol. The van der Waals surface area contributed by atoms with E-state index in [0.717, 1.165) is 40.9 Å². The number of hydrogen-bond acceptors (Lipinski definition) is 6. The third kappa shape index (κ3) is 4.44. The zero-order valence-corrected chi connectivity index (χ0v) is 16.3. The van der Waals surface area contributed by atoms with Gasteiger partial charge in [0.1, 0.15) is 5.82 Å². The van der Waals surface area contributed by atoms with E-state index < -0.39 is 0 Å². The van der Waals surface area contributed by atoms with Crippen LogP contribution in [0.25, 0.3) is 5.70 Å².